The number of nitrogens with one attached hydrogen (secondary N) is 1. The van der Waals surface area contributed by atoms with Gasteiger partial charge in [0.1, 0.15) is 5.69 Å². The molecule has 2 heterocycles. The molecule has 0 bridgehead atoms. The summed E-state index contributed by atoms with van der Waals surface area (Å²) in [6.45, 7) is 1.50. The van der Waals surface area contributed by atoms with Gasteiger partial charge < -0.3 is 10.6 Å². The highest BCUT2D eigenvalue weighted by molar-refractivity contribution is 5.97. The van der Waals surface area contributed by atoms with Crippen molar-refractivity contribution in [1.82, 2.24) is 15.1 Å². The number of anilines is 1. The van der Waals surface area contributed by atoms with Gasteiger partial charge in [-0.15, -0.1) is 0 Å². The normalized spacial score (nSPS) is 18.7. The topological polar surface area (TPSA) is 75.0 Å². The maximum absolute atomic E-state index is 12.3. The number of benzene rings is 1. The third kappa shape index (κ3) is 2.19. The van der Waals surface area contributed by atoms with Gasteiger partial charge in [0.05, 0.1) is 11.9 Å². The first-order chi connectivity index (χ1) is 9.25. The Balaban J connectivity index is 1.73. The van der Waals surface area contributed by atoms with Crippen molar-refractivity contribution in [3.63, 3.8) is 0 Å². The van der Waals surface area contributed by atoms with Gasteiger partial charge in [-0.2, -0.15) is 5.10 Å². The molecule has 1 unspecified atom stereocenters. The molecule has 2 aromatic rings. The van der Waals surface area contributed by atoms with Gasteiger partial charge in [0.25, 0.3) is 5.91 Å². The Kier molecular flexibility index (Phi) is 2.95. The smallest absolute Gasteiger partial charge is 0.274 e. The number of amides is 1. The number of nitrogens with zero attached hydrogens (tertiary/aromatic N) is 2. The molecule has 1 aliphatic rings. The molecule has 1 fully saturated rings. The lowest BCUT2D eigenvalue weighted by molar-refractivity contribution is 0.0786. The van der Waals surface area contributed by atoms with E-state index >= 15 is 0 Å². The van der Waals surface area contributed by atoms with E-state index in [2.05, 4.69) is 22.3 Å². The van der Waals surface area contributed by atoms with Crippen LogP contribution in [0.2, 0.25) is 0 Å². The molecule has 3 N–H and O–H groups in total. The van der Waals surface area contributed by atoms with E-state index in [1.807, 2.05) is 23.1 Å². The third-order valence-electron chi connectivity index (χ3n) is 3.63. The average molecular weight is 256 g/mol. The first-order valence-electron chi connectivity index (χ1n) is 6.39. The second-order valence-corrected chi connectivity index (χ2v) is 4.85. The molecule has 98 valence electrons. The molecule has 1 aliphatic heterocycles. The van der Waals surface area contributed by atoms with Crippen molar-refractivity contribution in [1.29, 1.82) is 0 Å². The Morgan fingerprint density at radius 2 is 2.16 bits per heavy atom. The number of aromatic nitrogens is 2. The van der Waals surface area contributed by atoms with Crippen LogP contribution in [0.4, 0.5) is 5.69 Å². The minimum Gasteiger partial charge on any atom is -0.396 e. The van der Waals surface area contributed by atoms with E-state index in [9.17, 15) is 4.79 Å². The molecule has 5 heteroatoms. The van der Waals surface area contributed by atoms with Gasteiger partial charge in [0, 0.05) is 19.0 Å². The molecule has 1 atom stereocenters. The fourth-order valence-electron chi connectivity index (χ4n) is 2.57. The Morgan fingerprint density at radius 3 is 2.84 bits per heavy atom. The summed E-state index contributed by atoms with van der Waals surface area (Å²) in [7, 11) is 0. The predicted octanol–water partition coefficient (Wildman–Crippen LogP) is 1.62. The van der Waals surface area contributed by atoms with Crippen molar-refractivity contribution < 1.29 is 4.79 Å². The Labute approximate surface area is 111 Å². The Bertz CT molecular complexity index is 578. The summed E-state index contributed by atoms with van der Waals surface area (Å²) in [5.74, 6) is 0.350. The Hall–Kier alpha value is -2.30. The zero-order valence-electron chi connectivity index (χ0n) is 10.5. The second-order valence-electron chi connectivity index (χ2n) is 4.85. The highest BCUT2D eigenvalue weighted by Gasteiger charge is 2.29. The quantitative estimate of drug-likeness (QED) is 0.857. The largest absolute Gasteiger partial charge is 0.396 e. The predicted molar refractivity (Wildman–Crippen MR) is 72.7 cm³/mol. The summed E-state index contributed by atoms with van der Waals surface area (Å²) in [6.07, 6.45) is 2.46. The van der Waals surface area contributed by atoms with Crippen LogP contribution in [0.15, 0.2) is 36.5 Å². The number of H-pyrrole nitrogens is 1. The van der Waals surface area contributed by atoms with Gasteiger partial charge >= 0.3 is 0 Å². The number of nitrogen functional groups attached to an aromatic ring is 1. The molecule has 5 nitrogen and oxygen atoms in total. The number of aromatic amines is 1. The van der Waals surface area contributed by atoms with Crippen LogP contribution in [0, 0.1) is 0 Å². The minimum atomic E-state index is -0.0616. The van der Waals surface area contributed by atoms with Gasteiger partial charge in [-0.3, -0.25) is 9.89 Å². The monoisotopic (exact) mass is 256 g/mol. The third-order valence-corrected chi connectivity index (χ3v) is 3.63. The number of hydrogen-bond acceptors (Lipinski definition) is 3. The fraction of sp³-hybridized carbons (Fsp3) is 0.286. The molecule has 0 aliphatic carbocycles. The van der Waals surface area contributed by atoms with E-state index in [0.29, 0.717) is 17.3 Å². The molecule has 0 spiro atoms. The van der Waals surface area contributed by atoms with Crippen molar-refractivity contribution in [2.75, 3.05) is 18.8 Å². The lowest BCUT2D eigenvalue weighted by Crippen LogP contribution is -2.29. The van der Waals surface area contributed by atoms with Gasteiger partial charge in [-0.25, -0.2) is 0 Å². The maximum Gasteiger partial charge on any atom is 0.274 e. The lowest BCUT2D eigenvalue weighted by Gasteiger charge is -2.16. The van der Waals surface area contributed by atoms with Crippen LogP contribution in [0.1, 0.15) is 28.4 Å². The number of likely N-dealkylation sites (tertiary alicyclic amines) is 1. The summed E-state index contributed by atoms with van der Waals surface area (Å²) in [5.41, 5.74) is 7.81. The standard InChI is InChI=1S/C14H16N4O/c15-12-8-16-17-13(12)14(19)18-7-6-11(9-18)10-4-2-1-3-5-10/h1-5,8,11H,6-7,9,15H2,(H,16,17). The SMILES string of the molecule is Nc1cn[nH]c1C(=O)N1CCC(c2ccccc2)C1. The summed E-state index contributed by atoms with van der Waals surface area (Å²) < 4.78 is 0. The summed E-state index contributed by atoms with van der Waals surface area (Å²) in [4.78, 5) is 14.1. The van der Waals surface area contributed by atoms with Crippen molar-refractivity contribution in [2.24, 2.45) is 0 Å². The fourth-order valence-corrected chi connectivity index (χ4v) is 2.57. The average Bonchev–Trinajstić information content (AvgIpc) is 3.08. The number of hydrogen-bond donors (Lipinski definition) is 2. The number of rotatable bonds is 2. The molecule has 3 rings (SSSR count). The van der Waals surface area contributed by atoms with E-state index in [1.165, 1.54) is 11.8 Å². The summed E-state index contributed by atoms with van der Waals surface area (Å²) in [5, 5.41) is 6.46. The van der Waals surface area contributed by atoms with E-state index in [4.69, 9.17) is 5.73 Å². The van der Waals surface area contributed by atoms with E-state index < -0.39 is 0 Å². The highest BCUT2D eigenvalue weighted by atomic mass is 16.2. The van der Waals surface area contributed by atoms with E-state index in [1.54, 1.807) is 0 Å². The molecular formula is C14H16N4O. The van der Waals surface area contributed by atoms with Gasteiger partial charge in [-0.1, -0.05) is 30.3 Å². The first-order valence-corrected chi connectivity index (χ1v) is 6.39. The molecular weight excluding hydrogens is 240 g/mol. The molecule has 1 saturated heterocycles. The molecule has 0 radical (unpaired) electrons. The van der Waals surface area contributed by atoms with Gasteiger partial charge in [0.15, 0.2) is 0 Å². The van der Waals surface area contributed by atoms with E-state index in [0.717, 1.165) is 19.5 Å². The van der Waals surface area contributed by atoms with Gasteiger partial charge in [-0.05, 0) is 12.0 Å². The molecule has 19 heavy (non-hydrogen) atoms. The van der Waals surface area contributed by atoms with Crippen LogP contribution < -0.4 is 5.73 Å². The van der Waals surface area contributed by atoms with Crippen LogP contribution in [-0.2, 0) is 0 Å². The van der Waals surface area contributed by atoms with Crippen LogP contribution in [-0.4, -0.2) is 34.1 Å². The summed E-state index contributed by atoms with van der Waals surface area (Å²) in [6, 6.07) is 10.3. The second kappa shape index (κ2) is 4.76. The van der Waals surface area contributed by atoms with Crippen molar-refractivity contribution in [2.45, 2.75) is 12.3 Å². The summed E-state index contributed by atoms with van der Waals surface area (Å²) >= 11 is 0. The molecule has 1 amide bonds. The highest BCUT2D eigenvalue weighted by Crippen LogP contribution is 2.28. The van der Waals surface area contributed by atoms with Crippen LogP contribution >= 0.6 is 0 Å². The number of carbonyl (C=O) groups excluding carboxylic acids is 1. The van der Waals surface area contributed by atoms with Crippen molar-refractivity contribution in [3.05, 3.63) is 47.8 Å². The Morgan fingerprint density at radius 1 is 1.37 bits per heavy atom. The van der Waals surface area contributed by atoms with E-state index in [-0.39, 0.29) is 5.91 Å². The molecule has 1 aromatic carbocycles. The maximum atomic E-state index is 12.3. The number of nitrogens with two attached hydrogens (primary N) is 1. The van der Waals surface area contributed by atoms with Crippen molar-refractivity contribution in [3.8, 4) is 0 Å². The van der Waals surface area contributed by atoms with Crippen molar-refractivity contribution >= 4 is 11.6 Å². The van der Waals surface area contributed by atoms with Crippen LogP contribution in [0.25, 0.3) is 0 Å². The number of carbonyl (C=O) groups is 1. The first kappa shape index (κ1) is 11.8. The minimum absolute atomic E-state index is 0.0616. The molecule has 1 aromatic heterocycles. The van der Waals surface area contributed by atoms with Crippen LogP contribution in [0.5, 0.6) is 0 Å². The van der Waals surface area contributed by atoms with Gasteiger partial charge in [0.2, 0.25) is 0 Å². The zero-order chi connectivity index (χ0) is 13.2. The van der Waals surface area contributed by atoms with Crippen LogP contribution in [0.3, 0.4) is 0 Å². The molecule has 0 saturated carbocycles. The lowest BCUT2D eigenvalue weighted by atomic mass is 9.99. The zero-order valence-corrected chi connectivity index (χ0v) is 10.5.